The van der Waals surface area contributed by atoms with Crippen LogP contribution in [-0.2, 0) is 76.5 Å². The number of rotatable bonds is 30. The molecule has 5 atom stereocenters. The number of benzene rings is 11. The molecule has 0 unspecified atom stereocenters. The lowest BCUT2D eigenvalue weighted by Gasteiger charge is -2.45. The van der Waals surface area contributed by atoms with E-state index < -0.39 is 42.1 Å². The third kappa shape index (κ3) is 17.4. The van der Waals surface area contributed by atoms with E-state index in [1.807, 2.05) is 243 Å². The number of fused-ring (bicyclic) bond motifs is 1. The van der Waals surface area contributed by atoms with Crippen molar-refractivity contribution in [2.45, 2.75) is 83.6 Å². The van der Waals surface area contributed by atoms with Crippen molar-refractivity contribution in [1.82, 2.24) is 0 Å². The highest BCUT2D eigenvalue weighted by Crippen LogP contribution is 2.43. The molecule has 12 aromatic rings. The van der Waals surface area contributed by atoms with E-state index in [-0.39, 0.29) is 86.6 Å². The topological polar surface area (TPSA) is 149 Å². The Balaban J connectivity index is 0.944. The lowest BCUT2D eigenvalue weighted by Crippen LogP contribution is -2.62. The quantitative estimate of drug-likeness (QED) is 0.0393. The van der Waals surface area contributed by atoms with E-state index in [2.05, 4.69) is 0 Å². The molecule has 1 saturated heterocycles. The van der Waals surface area contributed by atoms with Crippen molar-refractivity contribution in [1.29, 1.82) is 0 Å². The lowest BCUT2D eigenvalue weighted by atomic mass is 9.97. The minimum Gasteiger partial charge on any atom is -0.489 e. The molecule has 1 fully saturated rings. The highest BCUT2D eigenvalue weighted by molar-refractivity contribution is 5.90. The molecule has 11 aromatic carbocycles. The molecule has 1 aliphatic rings. The minimum absolute atomic E-state index is 0.00956. The number of hydrogen-bond donors (Lipinski definition) is 0. The minimum atomic E-state index is -1.52. The van der Waals surface area contributed by atoms with Gasteiger partial charge in [-0.2, -0.15) is 0 Å². The summed E-state index contributed by atoms with van der Waals surface area (Å²) in [7, 11) is 0. The summed E-state index contributed by atoms with van der Waals surface area (Å²) >= 11 is 0. The van der Waals surface area contributed by atoms with E-state index in [0.29, 0.717) is 35.2 Å². The molecule has 1 aromatic heterocycles. The van der Waals surface area contributed by atoms with Gasteiger partial charge < -0.3 is 56.5 Å². The second-order valence-electron chi connectivity index (χ2n) is 23.5. The fourth-order valence-electron chi connectivity index (χ4n) is 11.3. The van der Waals surface area contributed by atoms with Crippen molar-refractivity contribution >= 4 is 16.9 Å². The predicted molar refractivity (Wildman–Crippen MR) is 373 cm³/mol. The molecule has 492 valence electrons. The van der Waals surface area contributed by atoms with Crippen LogP contribution in [-0.4, -0.2) is 43.3 Å². The summed E-state index contributed by atoms with van der Waals surface area (Å²) < 4.78 is 81.6. The van der Waals surface area contributed by atoms with Crippen LogP contribution in [0.5, 0.6) is 34.5 Å². The van der Waals surface area contributed by atoms with Crippen LogP contribution in [0.25, 0.3) is 22.3 Å². The third-order valence-electron chi connectivity index (χ3n) is 16.5. The molecule has 2 heterocycles. The van der Waals surface area contributed by atoms with E-state index in [1.165, 1.54) is 0 Å². The molecule has 0 radical (unpaired) electrons. The van der Waals surface area contributed by atoms with Crippen LogP contribution >= 0.6 is 0 Å². The number of esters is 1. The predicted octanol–water partition coefficient (Wildman–Crippen LogP) is 17.1. The highest BCUT2D eigenvalue weighted by Gasteiger charge is 2.51. The fraction of sp³-hybridized carbons (Fsp3) is 0.167. The maximum Gasteiger partial charge on any atom is 0.338 e. The van der Waals surface area contributed by atoms with Crippen molar-refractivity contribution in [3.8, 4) is 45.8 Å². The second-order valence-corrected chi connectivity index (χ2v) is 23.5. The summed E-state index contributed by atoms with van der Waals surface area (Å²) in [4.78, 5) is 30.8. The first kappa shape index (κ1) is 65.4. The van der Waals surface area contributed by atoms with E-state index in [9.17, 15) is 4.79 Å². The fourth-order valence-corrected chi connectivity index (χ4v) is 11.3. The van der Waals surface area contributed by atoms with Crippen LogP contribution < -0.4 is 33.8 Å². The molecule has 0 aliphatic carbocycles. The van der Waals surface area contributed by atoms with Crippen LogP contribution in [0.3, 0.4) is 0 Å². The van der Waals surface area contributed by atoms with Gasteiger partial charge in [-0.15, -0.1) is 0 Å². The van der Waals surface area contributed by atoms with Crippen molar-refractivity contribution in [3.63, 3.8) is 0 Å². The molecule has 14 nitrogen and oxygen atoms in total. The Labute approximate surface area is 569 Å². The number of carbonyl (C=O) groups excluding carboxylic acids is 1. The van der Waals surface area contributed by atoms with Gasteiger partial charge in [-0.25, -0.2) is 4.79 Å². The third-order valence-corrected chi connectivity index (χ3v) is 16.5. The van der Waals surface area contributed by atoms with E-state index in [0.717, 1.165) is 44.5 Å². The van der Waals surface area contributed by atoms with Crippen molar-refractivity contribution in [2.75, 3.05) is 6.61 Å². The van der Waals surface area contributed by atoms with Gasteiger partial charge in [-0.05, 0) is 87.0 Å². The zero-order valence-electron chi connectivity index (χ0n) is 53.8. The number of hydrogen-bond acceptors (Lipinski definition) is 14. The summed E-state index contributed by atoms with van der Waals surface area (Å²) in [6.07, 6.45) is -5.89. The van der Waals surface area contributed by atoms with Crippen molar-refractivity contribution in [2.24, 2.45) is 0 Å². The van der Waals surface area contributed by atoms with E-state index in [1.54, 1.807) is 54.6 Å². The monoisotopic (exact) mass is 1300 g/mol. The van der Waals surface area contributed by atoms with Gasteiger partial charge in [-0.3, -0.25) is 4.79 Å². The average Bonchev–Trinajstić information content (AvgIpc) is 0.755. The first-order valence-electron chi connectivity index (χ1n) is 32.6. The molecule has 0 N–H and O–H groups in total. The molecular formula is C84H72O14. The zero-order valence-corrected chi connectivity index (χ0v) is 53.8. The van der Waals surface area contributed by atoms with Crippen molar-refractivity contribution in [3.05, 3.63) is 358 Å². The number of ether oxygens (including phenoxy) is 11. The van der Waals surface area contributed by atoms with E-state index >= 15 is 4.79 Å². The molecule has 14 heteroatoms. The normalized spacial score (nSPS) is 15.8. The van der Waals surface area contributed by atoms with Gasteiger partial charge >= 0.3 is 5.97 Å². The van der Waals surface area contributed by atoms with Gasteiger partial charge in [-0.1, -0.05) is 243 Å². The van der Waals surface area contributed by atoms with Crippen LogP contribution in [0.15, 0.2) is 306 Å². The van der Waals surface area contributed by atoms with Crippen LogP contribution in [0.4, 0.5) is 0 Å². The van der Waals surface area contributed by atoms with Crippen LogP contribution in [0, 0.1) is 0 Å². The molecule has 0 saturated carbocycles. The SMILES string of the molecule is O=C(OC[C@@H]1O[C@H](Oc2c(-c3ccc(OCc4ccccc4)c(OCc4ccccc4)c3)oc3cc(OCc4ccccc4)cc(OCc4ccccc4)c3c2=O)[C@@H](OCc2ccccc2)[C@H](OCc2ccccc2)[C@H]1OCc1ccccc1)c1ccc(OCc2ccccc2)cc1. The Bertz CT molecular complexity index is 4510. The van der Waals surface area contributed by atoms with Gasteiger partial charge in [0.05, 0.1) is 25.4 Å². The highest BCUT2D eigenvalue weighted by atomic mass is 16.7. The summed E-state index contributed by atoms with van der Waals surface area (Å²) in [5.41, 5.74) is 7.32. The van der Waals surface area contributed by atoms with Gasteiger partial charge in [0.15, 0.2) is 17.3 Å². The van der Waals surface area contributed by atoms with Gasteiger partial charge in [0.1, 0.15) is 92.3 Å². The van der Waals surface area contributed by atoms with Crippen LogP contribution in [0.2, 0.25) is 0 Å². The first-order valence-corrected chi connectivity index (χ1v) is 32.6. The molecule has 0 bridgehead atoms. The smallest absolute Gasteiger partial charge is 0.338 e. The molecule has 98 heavy (non-hydrogen) atoms. The maximum atomic E-state index is 16.4. The molecular weight excluding hydrogens is 1230 g/mol. The van der Waals surface area contributed by atoms with Gasteiger partial charge in [0, 0.05) is 17.7 Å². The largest absolute Gasteiger partial charge is 0.489 e. The molecule has 1 aliphatic heterocycles. The Hall–Kier alpha value is -11.3. The summed E-state index contributed by atoms with van der Waals surface area (Å²) in [6, 6.07) is 93.3. The summed E-state index contributed by atoms with van der Waals surface area (Å²) in [6.45, 7) is 0.918. The number of carbonyl (C=O) groups is 1. The average molecular weight is 1310 g/mol. The Morgan fingerprint density at radius 1 is 0.357 bits per heavy atom. The summed E-state index contributed by atoms with van der Waals surface area (Å²) in [5.74, 6) is 0.969. The van der Waals surface area contributed by atoms with Gasteiger partial charge in [0.25, 0.3) is 0 Å². The van der Waals surface area contributed by atoms with Gasteiger partial charge in [0.2, 0.25) is 17.5 Å². The Morgan fingerprint density at radius 3 is 1.22 bits per heavy atom. The maximum absolute atomic E-state index is 16.4. The lowest BCUT2D eigenvalue weighted by molar-refractivity contribution is -0.308. The second kappa shape index (κ2) is 32.9. The Kier molecular flexibility index (Phi) is 22.0. The Morgan fingerprint density at radius 2 is 0.755 bits per heavy atom. The van der Waals surface area contributed by atoms with Crippen molar-refractivity contribution < 1.29 is 61.3 Å². The van der Waals surface area contributed by atoms with E-state index in [4.69, 9.17) is 56.5 Å². The first-order chi connectivity index (χ1) is 48.4. The molecule has 0 amide bonds. The summed E-state index contributed by atoms with van der Waals surface area (Å²) in [5, 5.41) is 0.0515. The molecule has 0 spiro atoms. The zero-order chi connectivity index (χ0) is 66.5. The standard InChI is InChI=1S/C84H72O14/c85-77-76-73(91-54-63-33-17-5-18-34-63)48-70(88-51-60-27-11-2-12-28-60)49-74(76)96-78(68-43-46-71(89-52-61-29-13-3-14-30-61)72(47-68)90-53-62-31-15-4-16-32-62)80(77)98-84-82(94-57-66-39-23-8-24-40-66)81(93-56-65-37-21-7-22-38-65)79(92-55-64-35-19-6-20-36-64)75(97-84)58-95-83(86)67-41-44-69(45-42-67)87-50-59-25-9-1-10-26-59/h1-49,75,79,81-82,84H,50-58H2/t75-,79-,81+,82-,84+/m0/s1. The molecule has 13 rings (SSSR count). The van der Waals surface area contributed by atoms with Crippen LogP contribution in [0.1, 0.15) is 54.9 Å².